The number of carbonyl (C=O) groups is 2. The van der Waals surface area contributed by atoms with Crippen LogP contribution in [0.1, 0.15) is 50.7 Å². The third kappa shape index (κ3) is 5.48. The molecule has 1 fully saturated rings. The molecule has 0 amide bonds. The second-order valence-corrected chi connectivity index (χ2v) is 5.95. The van der Waals surface area contributed by atoms with Gasteiger partial charge in [-0.25, -0.2) is 9.59 Å². The van der Waals surface area contributed by atoms with Gasteiger partial charge in [-0.2, -0.15) is 0 Å². The van der Waals surface area contributed by atoms with E-state index in [4.69, 9.17) is 14.2 Å². The third-order valence-corrected chi connectivity index (χ3v) is 3.95. The lowest BCUT2D eigenvalue weighted by Crippen LogP contribution is -2.23. The Hall–Kier alpha value is -2.56. The molecule has 0 bridgehead atoms. The number of cyclic esters (lactones) is 1. The van der Waals surface area contributed by atoms with Crippen LogP contribution < -0.4 is 4.74 Å². The summed E-state index contributed by atoms with van der Waals surface area (Å²) in [5.41, 5.74) is 1.36. The standard InChI is InChI=1S/C20H24O5/c1-4-6-7-8-19(25-18(21)5-2)23-16-11-9-15(10-12-16)17-13-14(3)20(22)24-17/h5,9-12,17,19H,2-4,6-8,13H2,1H3. The van der Waals surface area contributed by atoms with Gasteiger partial charge in [0.1, 0.15) is 11.9 Å². The highest BCUT2D eigenvalue weighted by Crippen LogP contribution is 2.33. The minimum Gasteiger partial charge on any atom is -0.455 e. The van der Waals surface area contributed by atoms with Crippen molar-refractivity contribution in [2.45, 2.75) is 51.4 Å². The molecule has 2 rings (SSSR count). The highest BCUT2D eigenvalue weighted by atomic mass is 16.7. The van der Waals surface area contributed by atoms with Gasteiger partial charge in [0.15, 0.2) is 0 Å². The largest absolute Gasteiger partial charge is 0.455 e. The van der Waals surface area contributed by atoms with Crippen molar-refractivity contribution in [1.82, 2.24) is 0 Å². The van der Waals surface area contributed by atoms with Crippen LogP contribution in [0.25, 0.3) is 0 Å². The molecule has 1 heterocycles. The number of hydrogen-bond acceptors (Lipinski definition) is 5. The van der Waals surface area contributed by atoms with Crippen LogP contribution in [0.4, 0.5) is 0 Å². The number of ether oxygens (including phenoxy) is 3. The zero-order valence-corrected chi connectivity index (χ0v) is 14.5. The lowest BCUT2D eigenvalue weighted by atomic mass is 10.1. The Kier molecular flexibility index (Phi) is 6.81. The molecule has 0 radical (unpaired) electrons. The first-order valence-electron chi connectivity index (χ1n) is 8.52. The summed E-state index contributed by atoms with van der Waals surface area (Å²) < 4.78 is 16.3. The van der Waals surface area contributed by atoms with Crippen LogP contribution in [-0.4, -0.2) is 18.2 Å². The Morgan fingerprint density at radius 1 is 1.36 bits per heavy atom. The topological polar surface area (TPSA) is 61.8 Å². The molecule has 5 nitrogen and oxygen atoms in total. The summed E-state index contributed by atoms with van der Waals surface area (Å²) in [7, 11) is 0. The predicted octanol–water partition coefficient (Wildman–Crippen LogP) is 4.25. The molecule has 0 aromatic heterocycles. The first-order chi connectivity index (χ1) is 12.0. The molecule has 2 atom stereocenters. The summed E-state index contributed by atoms with van der Waals surface area (Å²) >= 11 is 0. The van der Waals surface area contributed by atoms with Crippen molar-refractivity contribution in [2.75, 3.05) is 0 Å². The lowest BCUT2D eigenvalue weighted by molar-refractivity contribution is -0.158. The average Bonchev–Trinajstić information content (AvgIpc) is 2.94. The fourth-order valence-corrected chi connectivity index (χ4v) is 2.54. The van der Waals surface area contributed by atoms with Crippen molar-refractivity contribution >= 4 is 11.9 Å². The molecule has 1 aromatic rings. The van der Waals surface area contributed by atoms with E-state index in [-0.39, 0.29) is 12.1 Å². The lowest BCUT2D eigenvalue weighted by Gasteiger charge is -2.19. The second kappa shape index (κ2) is 9.06. The first-order valence-corrected chi connectivity index (χ1v) is 8.52. The van der Waals surface area contributed by atoms with Gasteiger partial charge in [-0.1, -0.05) is 45.1 Å². The van der Waals surface area contributed by atoms with Gasteiger partial charge in [-0.05, 0) is 24.1 Å². The molecule has 1 aromatic carbocycles. The van der Waals surface area contributed by atoms with Gasteiger partial charge in [-0.3, -0.25) is 0 Å². The minimum atomic E-state index is -0.646. The number of rotatable bonds is 9. The zero-order valence-electron chi connectivity index (χ0n) is 14.5. The molecule has 1 aliphatic heterocycles. The highest BCUT2D eigenvalue weighted by molar-refractivity contribution is 5.90. The number of esters is 2. The fourth-order valence-electron chi connectivity index (χ4n) is 2.54. The number of benzene rings is 1. The van der Waals surface area contributed by atoms with Crippen molar-refractivity contribution in [2.24, 2.45) is 0 Å². The van der Waals surface area contributed by atoms with Crippen molar-refractivity contribution in [3.05, 3.63) is 54.6 Å². The van der Waals surface area contributed by atoms with Gasteiger partial charge >= 0.3 is 11.9 Å². The van der Waals surface area contributed by atoms with Crippen LogP contribution in [0.3, 0.4) is 0 Å². The van der Waals surface area contributed by atoms with E-state index in [1.807, 2.05) is 12.1 Å². The van der Waals surface area contributed by atoms with E-state index in [0.29, 0.717) is 24.2 Å². The predicted molar refractivity (Wildman–Crippen MR) is 93.9 cm³/mol. The fraction of sp³-hybridized carbons (Fsp3) is 0.400. The zero-order chi connectivity index (χ0) is 18.2. The molecule has 0 spiro atoms. The van der Waals surface area contributed by atoms with Gasteiger partial charge in [0.05, 0.1) is 0 Å². The van der Waals surface area contributed by atoms with Crippen LogP contribution in [0.2, 0.25) is 0 Å². The van der Waals surface area contributed by atoms with Crippen LogP contribution in [0.5, 0.6) is 5.75 Å². The smallest absolute Gasteiger partial charge is 0.334 e. The van der Waals surface area contributed by atoms with Crippen LogP contribution in [-0.2, 0) is 19.1 Å². The van der Waals surface area contributed by atoms with E-state index in [1.54, 1.807) is 12.1 Å². The summed E-state index contributed by atoms with van der Waals surface area (Å²) in [6.45, 7) is 9.20. The van der Waals surface area contributed by atoms with Gasteiger partial charge in [-0.15, -0.1) is 0 Å². The quantitative estimate of drug-likeness (QED) is 0.290. The first kappa shape index (κ1) is 18.8. The third-order valence-electron chi connectivity index (χ3n) is 3.95. The van der Waals surface area contributed by atoms with E-state index >= 15 is 0 Å². The maximum atomic E-state index is 11.5. The van der Waals surface area contributed by atoms with Gasteiger partial charge in [0, 0.05) is 24.5 Å². The van der Waals surface area contributed by atoms with Crippen LogP contribution in [0.15, 0.2) is 49.1 Å². The Bertz CT molecular complexity index is 616. The number of unbranched alkanes of at least 4 members (excludes halogenated alkanes) is 2. The molecule has 134 valence electrons. The molecule has 5 heteroatoms. The summed E-state index contributed by atoms with van der Waals surface area (Å²) in [6.07, 6.45) is 4.32. The van der Waals surface area contributed by atoms with Crippen molar-refractivity contribution in [3.8, 4) is 5.75 Å². The molecular formula is C20H24O5. The average molecular weight is 344 g/mol. The summed E-state index contributed by atoms with van der Waals surface area (Å²) in [4.78, 5) is 22.9. The monoisotopic (exact) mass is 344 g/mol. The SMILES string of the molecule is C=CC(=O)OC(CCCCC)Oc1ccc(C2CC(=C)C(=O)O2)cc1. The molecule has 2 unspecified atom stereocenters. The van der Waals surface area contributed by atoms with Crippen molar-refractivity contribution in [1.29, 1.82) is 0 Å². The Morgan fingerprint density at radius 2 is 2.08 bits per heavy atom. The van der Waals surface area contributed by atoms with Gasteiger partial charge < -0.3 is 14.2 Å². The van der Waals surface area contributed by atoms with E-state index in [9.17, 15) is 9.59 Å². The molecule has 1 saturated heterocycles. The van der Waals surface area contributed by atoms with E-state index in [2.05, 4.69) is 20.1 Å². The molecule has 0 N–H and O–H groups in total. The molecule has 1 aliphatic rings. The van der Waals surface area contributed by atoms with Crippen LogP contribution >= 0.6 is 0 Å². The maximum Gasteiger partial charge on any atom is 0.334 e. The summed E-state index contributed by atoms with van der Waals surface area (Å²) in [6, 6.07) is 7.23. The Morgan fingerprint density at radius 3 is 2.64 bits per heavy atom. The normalized spacial score (nSPS) is 17.7. The van der Waals surface area contributed by atoms with Crippen LogP contribution in [0, 0.1) is 0 Å². The van der Waals surface area contributed by atoms with Crippen molar-refractivity contribution in [3.63, 3.8) is 0 Å². The van der Waals surface area contributed by atoms with Gasteiger partial charge in [0.25, 0.3) is 0 Å². The molecule has 25 heavy (non-hydrogen) atoms. The molecule has 0 aliphatic carbocycles. The van der Waals surface area contributed by atoms with E-state index < -0.39 is 12.3 Å². The number of hydrogen-bond donors (Lipinski definition) is 0. The maximum absolute atomic E-state index is 11.5. The summed E-state index contributed by atoms with van der Waals surface area (Å²) in [5.74, 6) is -0.266. The highest BCUT2D eigenvalue weighted by Gasteiger charge is 2.28. The minimum absolute atomic E-state index is 0.298. The van der Waals surface area contributed by atoms with E-state index in [1.165, 1.54) is 0 Å². The molecule has 0 saturated carbocycles. The Balaban J connectivity index is 1.98. The van der Waals surface area contributed by atoms with E-state index in [0.717, 1.165) is 30.9 Å². The number of carbonyl (C=O) groups excluding carboxylic acids is 2. The Labute approximate surface area is 148 Å². The van der Waals surface area contributed by atoms with Gasteiger partial charge in [0.2, 0.25) is 6.29 Å². The summed E-state index contributed by atoms with van der Waals surface area (Å²) in [5, 5.41) is 0. The second-order valence-electron chi connectivity index (χ2n) is 5.95. The molecular weight excluding hydrogens is 320 g/mol. The van der Waals surface area contributed by atoms with Crippen molar-refractivity contribution < 1.29 is 23.8 Å².